The molecular weight excluding hydrogens is 459 g/mol. The molecule has 31 heavy (non-hydrogen) atoms. The van der Waals surface area contributed by atoms with Crippen LogP contribution < -0.4 is 0 Å². The van der Waals surface area contributed by atoms with Gasteiger partial charge < -0.3 is 35.6 Å². The van der Waals surface area contributed by atoms with Gasteiger partial charge in [-0.25, -0.2) is 0 Å². The average molecular weight is 505 g/mol. The smallest absolute Gasteiger partial charge is 0.374 e. The summed E-state index contributed by atoms with van der Waals surface area (Å²) >= 11 is 0. The zero-order chi connectivity index (χ0) is 23.6. The molecule has 0 rings (SSSR count). The van der Waals surface area contributed by atoms with Gasteiger partial charge in [0.15, 0.2) is 0 Å². The first-order valence-corrected chi connectivity index (χ1v) is 17.3. The van der Waals surface area contributed by atoms with E-state index in [-0.39, 0.29) is 13.2 Å². The minimum absolute atomic E-state index is 0.283. The van der Waals surface area contributed by atoms with E-state index in [2.05, 4.69) is 0 Å². The van der Waals surface area contributed by atoms with E-state index in [4.69, 9.17) is 35.6 Å². The summed E-state index contributed by atoms with van der Waals surface area (Å²) in [6.07, 6.45) is 1.23. The predicted octanol–water partition coefficient (Wildman–Crippen LogP) is 4.72. The van der Waals surface area contributed by atoms with Crippen molar-refractivity contribution in [3.8, 4) is 0 Å². The van der Waals surface area contributed by atoms with Crippen molar-refractivity contribution < 1.29 is 40.2 Å². The summed E-state index contributed by atoms with van der Waals surface area (Å²) in [7, 11) is -8.59. The van der Waals surface area contributed by atoms with Gasteiger partial charge in [-0.05, 0) is 54.4 Å². The summed E-state index contributed by atoms with van der Waals surface area (Å²) in [5.74, 6) is 0. The highest BCUT2D eigenvalue weighted by molar-refractivity contribution is 7.52. The largest absolute Gasteiger partial charge is 0.501 e. The van der Waals surface area contributed by atoms with Crippen molar-refractivity contribution in [3.63, 3.8) is 0 Å². The third-order valence-electron chi connectivity index (χ3n) is 4.09. The van der Waals surface area contributed by atoms with E-state index in [1.54, 1.807) is 0 Å². The van der Waals surface area contributed by atoms with E-state index < -0.39 is 25.2 Å². The first-order valence-electron chi connectivity index (χ1n) is 11.5. The van der Waals surface area contributed by atoms with Crippen LogP contribution in [-0.2, 0) is 40.2 Å². The molecule has 0 aliphatic rings. The molecule has 188 valence electrons. The maximum atomic E-state index is 12.6. The third kappa shape index (κ3) is 13.6. The van der Waals surface area contributed by atoms with Crippen molar-refractivity contribution in [2.24, 2.45) is 0 Å². The molecule has 0 unspecified atom stereocenters. The molecule has 0 aliphatic carbocycles. The van der Waals surface area contributed by atoms with E-state index in [0.29, 0.717) is 64.6 Å². The zero-order valence-electron chi connectivity index (χ0n) is 20.6. The topological polar surface area (TPSA) is 90.9 Å². The number of rotatable bonds is 22. The van der Waals surface area contributed by atoms with Crippen LogP contribution in [0.25, 0.3) is 0 Å². The normalized spacial score (nSPS) is 13.1. The predicted molar refractivity (Wildman–Crippen MR) is 126 cm³/mol. The number of hydrogen-bond donors (Lipinski definition) is 0. The van der Waals surface area contributed by atoms with Crippen LogP contribution in [0.5, 0.6) is 0 Å². The fraction of sp³-hybridized carbons (Fsp3) is 1.00. The van der Waals surface area contributed by atoms with Crippen LogP contribution in [0.15, 0.2) is 0 Å². The lowest BCUT2D eigenvalue weighted by Crippen LogP contribution is -2.46. The molecule has 0 aromatic heterocycles. The second-order valence-electron chi connectivity index (χ2n) is 6.61. The Kier molecular flexibility index (Phi) is 18.0. The van der Waals surface area contributed by atoms with Gasteiger partial charge in [0.25, 0.3) is 0 Å². The van der Waals surface area contributed by atoms with Crippen molar-refractivity contribution in [1.29, 1.82) is 0 Å². The molecular formula is C19H45O9PSi2. The van der Waals surface area contributed by atoms with Gasteiger partial charge in [0.2, 0.25) is 0 Å². The van der Waals surface area contributed by atoms with Crippen molar-refractivity contribution in [2.75, 3.05) is 59.5 Å². The molecule has 0 aromatic carbocycles. The molecule has 0 fully saturated rings. The van der Waals surface area contributed by atoms with Gasteiger partial charge in [0.1, 0.15) is 0 Å². The van der Waals surface area contributed by atoms with Crippen LogP contribution in [0, 0.1) is 0 Å². The van der Waals surface area contributed by atoms with Crippen LogP contribution in [0.1, 0.15) is 54.4 Å². The summed E-state index contributed by atoms with van der Waals surface area (Å²) in [6, 6.07) is 1.21. The van der Waals surface area contributed by atoms with E-state index >= 15 is 0 Å². The minimum atomic E-state index is -3.16. The van der Waals surface area contributed by atoms with Crippen molar-refractivity contribution in [3.05, 3.63) is 0 Å². The Morgan fingerprint density at radius 2 is 0.806 bits per heavy atom. The average Bonchev–Trinajstić information content (AvgIpc) is 2.70. The molecule has 0 atom stereocenters. The maximum absolute atomic E-state index is 12.6. The Bertz CT molecular complexity index is 413. The highest BCUT2D eigenvalue weighted by Crippen LogP contribution is 2.44. The second kappa shape index (κ2) is 17.8. The molecule has 0 bridgehead atoms. The Morgan fingerprint density at radius 1 is 0.548 bits per heavy atom. The quantitative estimate of drug-likeness (QED) is 0.118. The number of hydrogen-bond acceptors (Lipinski definition) is 9. The molecule has 12 heteroatoms. The van der Waals surface area contributed by atoms with Gasteiger partial charge in [-0.3, -0.25) is 4.57 Å². The zero-order valence-corrected chi connectivity index (χ0v) is 23.5. The van der Waals surface area contributed by atoms with Gasteiger partial charge in [0, 0.05) is 58.4 Å². The molecule has 0 saturated heterocycles. The van der Waals surface area contributed by atoms with Gasteiger partial charge in [-0.2, -0.15) is 0 Å². The lowest BCUT2D eigenvalue weighted by atomic mass is 10.5. The summed E-state index contributed by atoms with van der Waals surface area (Å²) in [6.45, 7) is 16.7. The lowest BCUT2D eigenvalue weighted by molar-refractivity contribution is 0.0691. The summed E-state index contributed by atoms with van der Waals surface area (Å²) < 4.78 is 58.6. The minimum Gasteiger partial charge on any atom is -0.374 e. The standard InChI is InChI=1S/C19H45O9PSi2/c1-8-23-30(24-9-2,25-10-3)18-14-16-21-29(7,20)22-17-15-19-31(26-11-4,27-12-5)28-13-6/h8-19H2,1-7H3. The van der Waals surface area contributed by atoms with Crippen LogP contribution in [-0.4, -0.2) is 77.1 Å². The summed E-state index contributed by atoms with van der Waals surface area (Å²) in [5, 5.41) is 0. The third-order valence-corrected chi connectivity index (χ3v) is 11.7. The van der Waals surface area contributed by atoms with Crippen LogP contribution in [0.2, 0.25) is 12.1 Å². The molecule has 0 aliphatic heterocycles. The maximum Gasteiger partial charge on any atom is 0.501 e. The van der Waals surface area contributed by atoms with E-state index in [1.165, 1.54) is 6.66 Å². The van der Waals surface area contributed by atoms with Gasteiger partial charge in [0.05, 0.1) is 13.2 Å². The van der Waals surface area contributed by atoms with E-state index in [9.17, 15) is 4.57 Å². The molecule has 0 amide bonds. The van der Waals surface area contributed by atoms with E-state index in [0.717, 1.165) is 0 Å². The Labute approximate surface area is 191 Å². The van der Waals surface area contributed by atoms with Gasteiger partial charge >= 0.3 is 25.2 Å². The highest BCUT2D eigenvalue weighted by atomic mass is 31.2. The highest BCUT2D eigenvalue weighted by Gasteiger charge is 2.41. The van der Waals surface area contributed by atoms with Crippen LogP contribution in [0.4, 0.5) is 0 Å². The van der Waals surface area contributed by atoms with Gasteiger partial charge in [-0.1, -0.05) is 0 Å². The Hall–Kier alpha value is 0.344. The van der Waals surface area contributed by atoms with Crippen LogP contribution in [0.3, 0.4) is 0 Å². The molecule has 0 aromatic rings. The summed E-state index contributed by atoms with van der Waals surface area (Å²) in [4.78, 5) is 0. The fourth-order valence-corrected chi connectivity index (χ4v) is 9.23. The van der Waals surface area contributed by atoms with E-state index in [1.807, 2.05) is 41.5 Å². The molecule has 0 spiro atoms. The van der Waals surface area contributed by atoms with Gasteiger partial charge in [-0.15, -0.1) is 0 Å². The molecule has 9 nitrogen and oxygen atoms in total. The van der Waals surface area contributed by atoms with Crippen LogP contribution >= 0.6 is 7.60 Å². The lowest BCUT2D eigenvalue weighted by Gasteiger charge is -2.28. The molecule has 0 heterocycles. The SMILES string of the molecule is CCO[Si](CCCOP(C)(=O)OCCC[Si](OCC)(OCC)OCC)(OCC)OCC. The first-order chi connectivity index (χ1) is 14.8. The molecule has 0 saturated carbocycles. The summed E-state index contributed by atoms with van der Waals surface area (Å²) in [5.41, 5.74) is 0. The fourth-order valence-electron chi connectivity index (χ4n) is 3.08. The van der Waals surface area contributed by atoms with Crippen molar-refractivity contribution in [2.45, 2.75) is 66.5 Å². The molecule has 0 N–H and O–H groups in total. The second-order valence-corrected chi connectivity index (χ2v) is 14.1. The van der Waals surface area contributed by atoms with Crippen molar-refractivity contribution >= 4 is 25.2 Å². The Balaban J connectivity index is 4.47. The van der Waals surface area contributed by atoms with Crippen molar-refractivity contribution in [1.82, 2.24) is 0 Å². The molecule has 0 radical (unpaired) electrons. The monoisotopic (exact) mass is 504 g/mol. The first kappa shape index (κ1) is 31.3. The Morgan fingerprint density at radius 3 is 1.03 bits per heavy atom.